The summed E-state index contributed by atoms with van der Waals surface area (Å²) in [5.74, 6) is 0.00262. The van der Waals surface area contributed by atoms with Crippen LogP contribution in [-0.2, 0) is 30.3 Å². The predicted octanol–water partition coefficient (Wildman–Crippen LogP) is 6.72. The Bertz CT molecular complexity index is 1590. The Labute approximate surface area is 308 Å². The van der Waals surface area contributed by atoms with Gasteiger partial charge in [-0.3, -0.25) is 9.59 Å². The highest BCUT2D eigenvalue weighted by Gasteiger charge is 2.84. The number of hydrogen-bond acceptors (Lipinski definition) is 6. The van der Waals surface area contributed by atoms with Crippen LogP contribution in [0.4, 0.5) is 8.78 Å². The van der Waals surface area contributed by atoms with Gasteiger partial charge in [-0.1, -0.05) is 34.6 Å². The molecule has 10 heteroatoms. The summed E-state index contributed by atoms with van der Waals surface area (Å²) in [6, 6.07) is 3.39. The average Bonchev–Trinajstić information content (AvgIpc) is 3.70. The van der Waals surface area contributed by atoms with Crippen molar-refractivity contribution < 1.29 is 37.7 Å². The van der Waals surface area contributed by atoms with E-state index in [9.17, 15) is 23.5 Å². The van der Waals surface area contributed by atoms with Crippen LogP contribution in [0.1, 0.15) is 105 Å². The van der Waals surface area contributed by atoms with Gasteiger partial charge in [-0.25, -0.2) is 8.78 Å². The molecule has 8 rings (SSSR count). The van der Waals surface area contributed by atoms with E-state index in [-0.39, 0.29) is 81.9 Å². The second-order valence-electron chi connectivity index (χ2n) is 19.2. The van der Waals surface area contributed by atoms with E-state index in [0.717, 1.165) is 44.6 Å². The van der Waals surface area contributed by atoms with Crippen LogP contribution in [0, 0.1) is 62.4 Å². The first-order valence-electron chi connectivity index (χ1n) is 20.0. The van der Waals surface area contributed by atoms with Crippen molar-refractivity contribution in [1.29, 1.82) is 0 Å². The summed E-state index contributed by atoms with van der Waals surface area (Å²) >= 11 is 0. The largest absolute Gasteiger partial charge is 0.390 e. The van der Waals surface area contributed by atoms with Crippen molar-refractivity contribution in [2.24, 2.45) is 50.7 Å². The number of amides is 2. The van der Waals surface area contributed by atoms with Gasteiger partial charge in [0.15, 0.2) is 6.29 Å². The lowest BCUT2D eigenvalue weighted by Crippen LogP contribution is -2.60. The van der Waals surface area contributed by atoms with Crippen LogP contribution in [0.5, 0.6) is 0 Å². The van der Waals surface area contributed by atoms with E-state index in [1.807, 2.05) is 4.90 Å². The Hall–Kier alpha value is -2.14. The Balaban J connectivity index is 1.00. The van der Waals surface area contributed by atoms with Gasteiger partial charge in [-0.15, -0.1) is 0 Å². The fourth-order valence-corrected chi connectivity index (χ4v) is 14.4. The smallest absolute Gasteiger partial charge is 0.219 e. The lowest BCUT2D eigenvalue weighted by Gasteiger charge is -2.64. The molecule has 7 fully saturated rings. The number of hydrogen-bond donors (Lipinski definition) is 1. The van der Waals surface area contributed by atoms with Gasteiger partial charge in [-0.05, 0) is 114 Å². The molecular weight excluding hydrogens is 666 g/mol. The summed E-state index contributed by atoms with van der Waals surface area (Å²) in [5.41, 5.74) is 0.450. The van der Waals surface area contributed by atoms with Gasteiger partial charge in [0, 0.05) is 45.0 Å². The zero-order chi connectivity index (χ0) is 37.2. The minimum absolute atomic E-state index is 0.0385. The van der Waals surface area contributed by atoms with Crippen molar-refractivity contribution in [2.45, 2.75) is 137 Å². The summed E-state index contributed by atoms with van der Waals surface area (Å²) in [6.07, 6.45) is 7.05. The summed E-state index contributed by atoms with van der Waals surface area (Å²) in [4.78, 5) is 28.3. The maximum absolute atomic E-state index is 14.0. The molecule has 1 N–H and O–H groups in total. The molecule has 288 valence electrons. The normalized spacial score (nSPS) is 45.9. The lowest BCUT2D eigenvalue weighted by atomic mass is 9.41. The lowest BCUT2D eigenvalue weighted by molar-refractivity contribution is -0.247. The molecule has 0 aromatic heterocycles. The fourth-order valence-electron chi connectivity index (χ4n) is 14.4. The Morgan fingerprint density at radius 2 is 1.69 bits per heavy atom. The van der Waals surface area contributed by atoms with Crippen LogP contribution in [0.3, 0.4) is 0 Å². The molecule has 5 saturated carbocycles. The predicted molar refractivity (Wildman–Crippen MR) is 190 cm³/mol. The van der Waals surface area contributed by atoms with Gasteiger partial charge >= 0.3 is 0 Å². The molecule has 2 saturated heterocycles. The molecular formula is C42H60F2N2O6. The molecule has 7 aliphatic rings. The summed E-state index contributed by atoms with van der Waals surface area (Å²) in [5, 5.41) is 12.6. The second kappa shape index (κ2) is 12.4. The molecule has 13 atom stereocenters. The molecule has 0 radical (unpaired) electrons. The molecule has 2 spiro atoms. The number of halogens is 2. The molecule has 0 bridgehead atoms. The Kier molecular flexibility index (Phi) is 8.81. The van der Waals surface area contributed by atoms with Crippen LogP contribution in [0.25, 0.3) is 0 Å². The summed E-state index contributed by atoms with van der Waals surface area (Å²) in [7, 11) is 0. The van der Waals surface area contributed by atoms with E-state index in [1.165, 1.54) is 31.9 Å². The second-order valence-corrected chi connectivity index (χ2v) is 19.2. The van der Waals surface area contributed by atoms with Crippen molar-refractivity contribution in [3.05, 3.63) is 35.4 Å². The van der Waals surface area contributed by atoms with Crippen molar-refractivity contribution in [1.82, 2.24) is 9.80 Å². The van der Waals surface area contributed by atoms with E-state index in [0.29, 0.717) is 43.6 Å². The number of ether oxygens (including phenoxy) is 3. The van der Waals surface area contributed by atoms with Crippen LogP contribution < -0.4 is 0 Å². The summed E-state index contributed by atoms with van der Waals surface area (Å²) < 4.78 is 47.7. The highest BCUT2D eigenvalue weighted by atomic mass is 19.1. The van der Waals surface area contributed by atoms with Crippen LogP contribution >= 0.6 is 0 Å². The molecule has 2 aliphatic heterocycles. The first-order valence-corrected chi connectivity index (χ1v) is 20.0. The first kappa shape index (κ1) is 36.8. The van der Waals surface area contributed by atoms with Crippen LogP contribution in [0.15, 0.2) is 18.2 Å². The van der Waals surface area contributed by atoms with Gasteiger partial charge in [-0.2, -0.15) is 0 Å². The molecule has 8 nitrogen and oxygen atoms in total. The van der Waals surface area contributed by atoms with Crippen LogP contribution in [0.2, 0.25) is 0 Å². The zero-order valence-corrected chi connectivity index (χ0v) is 32.3. The Morgan fingerprint density at radius 1 is 1.00 bits per heavy atom. The summed E-state index contributed by atoms with van der Waals surface area (Å²) in [6.45, 7) is 17.1. The number of carbonyl (C=O) groups excluding carboxylic acids is 2. The highest BCUT2D eigenvalue weighted by Crippen LogP contribution is 2.89. The number of morpholine rings is 1. The Morgan fingerprint density at radius 3 is 2.38 bits per heavy atom. The topological polar surface area (TPSA) is 88.5 Å². The monoisotopic (exact) mass is 726 g/mol. The number of aliphatic hydroxyl groups excluding tert-OH is 1. The highest BCUT2D eigenvalue weighted by molar-refractivity contribution is 5.73. The average molecular weight is 727 g/mol. The van der Waals surface area contributed by atoms with E-state index in [2.05, 4.69) is 34.6 Å². The van der Waals surface area contributed by atoms with Gasteiger partial charge in [0.25, 0.3) is 0 Å². The maximum Gasteiger partial charge on any atom is 0.219 e. The minimum Gasteiger partial charge on any atom is -0.390 e. The van der Waals surface area contributed by atoms with E-state index >= 15 is 0 Å². The first-order chi connectivity index (χ1) is 24.5. The van der Waals surface area contributed by atoms with Crippen molar-refractivity contribution in [2.75, 3.05) is 26.2 Å². The van der Waals surface area contributed by atoms with E-state index < -0.39 is 17.7 Å². The van der Waals surface area contributed by atoms with Gasteiger partial charge in [0.2, 0.25) is 11.8 Å². The third-order valence-corrected chi connectivity index (χ3v) is 16.8. The SMILES string of the molecule is CC(=O)N1CCOC(OC2CC[C@]34C[C@]35CC[C@]3(C)C6[C@H](C)C[C@H](CN(Cc7cc(F)cc(F)c7)C(C)=O)O[C@@H]6[C@H](O)[C@@]3(C)[C@@H]5CC[C@H]4C2(C)C)C1. The standard InChI is InChI=1S/C42H60F2N2O6/c1-24-16-30(21-46(26(3)48)20-27-17-28(43)19-29(44)18-27)51-36-35(24)39(6)12-13-42-23-41(42)11-10-33(52-34-22-45(25(2)47)14-15-50-34)38(4,5)31(41)8-9-32(42)40(39,7)37(36)49/h17-19,24,30-37,49H,8-16,20-23H2,1-7H3/t24-,30-,31+,32+,33?,34?,35?,36+,37+,39-,40-,41-,42+/m1/s1. The van der Waals surface area contributed by atoms with E-state index in [1.54, 1.807) is 11.8 Å². The van der Waals surface area contributed by atoms with Crippen molar-refractivity contribution in [3.8, 4) is 0 Å². The maximum atomic E-state index is 14.0. The zero-order valence-electron chi connectivity index (χ0n) is 32.3. The molecule has 2 amide bonds. The minimum atomic E-state index is -0.660. The number of aliphatic hydroxyl groups is 1. The molecule has 1 aromatic carbocycles. The van der Waals surface area contributed by atoms with Gasteiger partial charge in [0.1, 0.15) is 11.6 Å². The molecule has 2 heterocycles. The fraction of sp³-hybridized carbons (Fsp3) is 0.810. The molecule has 52 heavy (non-hydrogen) atoms. The number of rotatable bonds is 6. The third-order valence-electron chi connectivity index (χ3n) is 16.8. The number of carbonyl (C=O) groups is 2. The molecule has 1 aromatic rings. The quantitative estimate of drug-likeness (QED) is 0.351. The number of fused-ring (bicyclic) bond motifs is 4. The van der Waals surface area contributed by atoms with Crippen molar-refractivity contribution >= 4 is 11.8 Å². The van der Waals surface area contributed by atoms with E-state index in [4.69, 9.17) is 14.2 Å². The third kappa shape index (κ3) is 5.22. The van der Waals surface area contributed by atoms with Crippen molar-refractivity contribution in [3.63, 3.8) is 0 Å². The number of benzene rings is 1. The van der Waals surface area contributed by atoms with Crippen LogP contribution in [-0.4, -0.2) is 83.7 Å². The van der Waals surface area contributed by atoms with Gasteiger partial charge < -0.3 is 29.1 Å². The number of nitrogens with zero attached hydrogens (tertiary/aromatic N) is 2. The van der Waals surface area contributed by atoms with Gasteiger partial charge in [0.05, 0.1) is 37.6 Å². The molecule has 3 unspecified atom stereocenters. The molecule has 5 aliphatic carbocycles.